The number of hydrogen-bond donors (Lipinski definition) is 1. The van der Waals surface area contributed by atoms with Crippen molar-refractivity contribution < 1.29 is 14.1 Å². The molecule has 13 nitrogen and oxygen atoms in total. The maximum atomic E-state index is 12.4. The van der Waals surface area contributed by atoms with E-state index in [1.165, 1.54) is 0 Å². The van der Waals surface area contributed by atoms with Crippen LogP contribution >= 0.6 is 0 Å². The molecule has 1 saturated heterocycles. The molecule has 2 fully saturated rings. The predicted octanol–water partition coefficient (Wildman–Crippen LogP) is 3.49. The highest BCUT2D eigenvalue weighted by Crippen LogP contribution is 2.48. The first-order chi connectivity index (χ1) is 19.7. The van der Waals surface area contributed by atoms with E-state index in [9.17, 15) is 4.79 Å². The van der Waals surface area contributed by atoms with Gasteiger partial charge in [0.15, 0.2) is 5.82 Å². The molecular weight excluding hydrogens is 524 g/mol. The number of nitrogen functional groups attached to an aromatic ring is 1. The second kappa shape index (κ2) is 10.4. The van der Waals surface area contributed by atoms with Gasteiger partial charge in [-0.25, -0.2) is 24.7 Å². The van der Waals surface area contributed by atoms with Crippen molar-refractivity contribution in [1.82, 2.24) is 40.0 Å². The second-order valence-corrected chi connectivity index (χ2v) is 11.3. The number of rotatable bonds is 5. The lowest BCUT2D eigenvalue weighted by atomic mass is 9.64. The highest BCUT2D eigenvalue weighted by Gasteiger charge is 2.45. The average molecular weight is 557 g/mol. The van der Waals surface area contributed by atoms with E-state index in [0.29, 0.717) is 43.6 Å². The van der Waals surface area contributed by atoms with E-state index >= 15 is 0 Å². The first-order valence-corrected chi connectivity index (χ1v) is 13.6. The number of pyridine rings is 1. The van der Waals surface area contributed by atoms with Gasteiger partial charge in [-0.15, -0.1) is 0 Å². The van der Waals surface area contributed by atoms with Crippen LogP contribution in [0.25, 0.3) is 22.8 Å². The van der Waals surface area contributed by atoms with Crippen molar-refractivity contribution in [2.24, 2.45) is 0 Å². The molecule has 1 saturated carbocycles. The number of carbonyl (C=O) groups is 1. The van der Waals surface area contributed by atoms with E-state index in [0.717, 1.165) is 41.9 Å². The molecule has 5 heterocycles. The van der Waals surface area contributed by atoms with E-state index < -0.39 is 5.60 Å². The smallest absolute Gasteiger partial charge is 0.410 e. The minimum absolute atomic E-state index is 0.226. The maximum absolute atomic E-state index is 12.4. The summed E-state index contributed by atoms with van der Waals surface area (Å²) in [5, 5.41) is 4.34. The molecule has 1 amide bonds. The molecule has 13 heteroatoms. The molecule has 212 valence electrons. The van der Waals surface area contributed by atoms with Gasteiger partial charge < -0.3 is 24.8 Å². The minimum atomic E-state index is -0.516. The number of amides is 1. The largest absolute Gasteiger partial charge is 0.444 e. The molecule has 0 spiro atoms. The van der Waals surface area contributed by atoms with E-state index in [2.05, 4.69) is 35.0 Å². The number of ether oxygens (including phenoxy) is 1. The van der Waals surface area contributed by atoms with E-state index in [4.69, 9.17) is 20.0 Å². The molecule has 0 aromatic carbocycles. The molecule has 2 N–H and O–H groups in total. The van der Waals surface area contributed by atoms with Crippen LogP contribution in [0.2, 0.25) is 0 Å². The van der Waals surface area contributed by atoms with Gasteiger partial charge in [-0.05, 0) is 45.2 Å². The molecule has 1 aliphatic carbocycles. The zero-order valence-corrected chi connectivity index (χ0v) is 23.3. The number of carbonyl (C=O) groups excluding carboxylic acids is 1. The van der Waals surface area contributed by atoms with Crippen LogP contribution in [0, 0.1) is 0 Å². The molecule has 0 atom stereocenters. The highest BCUT2D eigenvalue weighted by atomic mass is 16.6. The highest BCUT2D eigenvalue weighted by molar-refractivity contribution is 5.68. The van der Waals surface area contributed by atoms with Gasteiger partial charge in [0, 0.05) is 50.3 Å². The van der Waals surface area contributed by atoms with Gasteiger partial charge in [-0.2, -0.15) is 4.98 Å². The van der Waals surface area contributed by atoms with Gasteiger partial charge in [0.05, 0.1) is 23.5 Å². The lowest BCUT2D eigenvalue weighted by Crippen LogP contribution is -2.50. The Kier molecular flexibility index (Phi) is 6.72. The van der Waals surface area contributed by atoms with Crippen LogP contribution in [0.15, 0.2) is 47.6 Å². The number of anilines is 2. The number of piperazine rings is 1. The summed E-state index contributed by atoms with van der Waals surface area (Å²) >= 11 is 0. The topological polar surface area (TPSA) is 162 Å². The molecule has 4 aromatic heterocycles. The van der Waals surface area contributed by atoms with E-state index in [1.807, 2.05) is 39.1 Å². The summed E-state index contributed by atoms with van der Waals surface area (Å²) in [6.45, 7) is 7.98. The van der Waals surface area contributed by atoms with E-state index in [1.54, 1.807) is 29.7 Å². The van der Waals surface area contributed by atoms with Gasteiger partial charge in [0.1, 0.15) is 17.1 Å². The van der Waals surface area contributed by atoms with Gasteiger partial charge in [-0.3, -0.25) is 4.98 Å². The zero-order valence-electron chi connectivity index (χ0n) is 23.3. The Bertz CT molecular complexity index is 1500. The summed E-state index contributed by atoms with van der Waals surface area (Å²) in [5.74, 6) is 1.89. The molecule has 41 heavy (non-hydrogen) atoms. The fourth-order valence-corrected chi connectivity index (χ4v) is 5.05. The van der Waals surface area contributed by atoms with Crippen molar-refractivity contribution in [3.8, 4) is 22.8 Å². The number of nitrogens with zero attached hydrogens (tertiary/aromatic N) is 9. The third kappa shape index (κ3) is 5.39. The fourth-order valence-electron chi connectivity index (χ4n) is 5.05. The normalized spacial score (nSPS) is 16.8. The third-order valence-electron chi connectivity index (χ3n) is 7.46. The van der Waals surface area contributed by atoms with Crippen molar-refractivity contribution in [2.75, 3.05) is 36.8 Å². The van der Waals surface area contributed by atoms with Crippen molar-refractivity contribution in [2.45, 2.75) is 51.0 Å². The Hall–Kier alpha value is -4.68. The van der Waals surface area contributed by atoms with Gasteiger partial charge >= 0.3 is 6.09 Å². The van der Waals surface area contributed by atoms with Gasteiger partial charge in [-0.1, -0.05) is 17.6 Å². The first kappa shape index (κ1) is 26.5. The van der Waals surface area contributed by atoms with Crippen molar-refractivity contribution in [3.63, 3.8) is 0 Å². The second-order valence-electron chi connectivity index (χ2n) is 11.3. The summed E-state index contributed by atoms with van der Waals surface area (Å²) in [6, 6.07) is 3.99. The maximum Gasteiger partial charge on any atom is 0.410 e. The third-order valence-corrected chi connectivity index (χ3v) is 7.46. The summed E-state index contributed by atoms with van der Waals surface area (Å²) < 4.78 is 11.1. The molecule has 1 aliphatic heterocycles. The summed E-state index contributed by atoms with van der Waals surface area (Å²) in [7, 11) is 0. The lowest BCUT2D eigenvalue weighted by molar-refractivity contribution is 0.0240. The lowest BCUT2D eigenvalue weighted by Gasteiger charge is -2.39. The fraction of sp³-hybridized carbons (Fsp3) is 0.429. The van der Waals surface area contributed by atoms with Crippen molar-refractivity contribution in [3.05, 3.63) is 54.5 Å². The Morgan fingerprint density at radius 3 is 2.24 bits per heavy atom. The van der Waals surface area contributed by atoms with Crippen LogP contribution in [-0.2, 0) is 10.2 Å². The molecule has 0 radical (unpaired) electrons. The first-order valence-electron chi connectivity index (χ1n) is 13.6. The Balaban J connectivity index is 1.13. The molecule has 2 aliphatic rings. The molecule has 6 rings (SSSR count). The Labute approximate surface area is 237 Å². The van der Waals surface area contributed by atoms with Gasteiger partial charge in [0.25, 0.3) is 5.89 Å². The van der Waals surface area contributed by atoms with Crippen LogP contribution in [0.3, 0.4) is 0 Å². The molecule has 0 unspecified atom stereocenters. The number of aromatic nitrogens is 7. The SMILES string of the molecule is CC(C)(C)OC(=O)N1CCN(c2cnc(-c3nc(C4(c5ccc(-c6cnc(N)nc6)nc5)CCC4)no3)cn2)CC1. The van der Waals surface area contributed by atoms with E-state index in [-0.39, 0.29) is 17.5 Å². The molecule has 0 bridgehead atoms. The van der Waals surface area contributed by atoms with Crippen LogP contribution in [-0.4, -0.2) is 77.8 Å². The van der Waals surface area contributed by atoms with Crippen LogP contribution in [0.5, 0.6) is 0 Å². The van der Waals surface area contributed by atoms with Crippen LogP contribution in [0.4, 0.5) is 16.6 Å². The zero-order chi connectivity index (χ0) is 28.6. The summed E-state index contributed by atoms with van der Waals surface area (Å²) in [6.07, 6.45) is 11.1. The monoisotopic (exact) mass is 556 g/mol. The van der Waals surface area contributed by atoms with Crippen molar-refractivity contribution in [1.29, 1.82) is 0 Å². The summed E-state index contributed by atoms with van der Waals surface area (Å²) in [5.41, 5.74) is 7.82. The van der Waals surface area contributed by atoms with Crippen LogP contribution < -0.4 is 10.6 Å². The average Bonchev–Trinajstić information content (AvgIpc) is 3.43. The quantitative estimate of drug-likeness (QED) is 0.381. The standard InChI is InChI=1S/C28H32N10O3/c1-27(2,3)40-26(39)38-11-9-37(10-12-38)22-17-31-21(16-32-22)23-35-24(36-41-23)28(7-4-8-28)19-5-6-20(30-15-19)18-13-33-25(29)34-14-18/h5-6,13-17H,4,7-12H2,1-3H3,(H2,29,33,34). The summed E-state index contributed by atoms with van der Waals surface area (Å²) in [4.78, 5) is 42.8. The molecular formula is C28H32N10O3. The predicted molar refractivity (Wildman–Crippen MR) is 150 cm³/mol. The van der Waals surface area contributed by atoms with Crippen molar-refractivity contribution >= 4 is 17.9 Å². The van der Waals surface area contributed by atoms with Crippen LogP contribution in [0.1, 0.15) is 51.4 Å². The Morgan fingerprint density at radius 1 is 0.927 bits per heavy atom. The number of nitrogens with two attached hydrogens (primary N) is 1. The Morgan fingerprint density at radius 2 is 1.66 bits per heavy atom. The molecule has 4 aromatic rings. The van der Waals surface area contributed by atoms with Gasteiger partial charge in [0.2, 0.25) is 5.95 Å². The number of hydrogen-bond acceptors (Lipinski definition) is 12. The minimum Gasteiger partial charge on any atom is -0.444 e.